The minimum atomic E-state index is -0.738. The Hall–Kier alpha value is -1.84. The second-order valence-electron chi connectivity index (χ2n) is 6.26. The molecule has 0 aliphatic rings. The summed E-state index contributed by atoms with van der Waals surface area (Å²) < 4.78 is 10.6. The molecule has 0 bridgehead atoms. The van der Waals surface area contributed by atoms with E-state index < -0.39 is 11.0 Å². The van der Waals surface area contributed by atoms with Crippen LogP contribution in [0.5, 0.6) is 5.75 Å². The minimum Gasteiger partial charge on any atom is -0.454 e. The van der Waals surface area contributed by atoms with E-state index in [1.165, 1.54) is 6.92 Å². The van der Waals surface area contributed by atoms with Crippen LogP contribution in [0.1, 0.15) is 53.5 Å². The van der Waals surface area contributed by atoms with Gasteiger partial charge >= 0.3 is 11.9 Å². The first kappa shape index (κ1) is 17.2. The van der Waals surface area contributed by atoms with Crippen LogP contribution in [0.3, 0.4) is 0 Å². The third-order valence-electron chi connectivity index (χ3n) is 3.60. The summed E-state index contributed by atoms with van der Waals surface area (Å²) in [7, 11) is 0. The maximum atomic E-state index is 12.2. The van der Waals surface area contributed by atoms with Gasteiger partial charge in [0.25, 0.3) is 0 Å². The second kappa shape index (κ2) is 6.29. The van der Waals surface area contributed by atoms with Crippen molar-refractivity contribution in [3.8, 4) is 5.75 Å². The largest absolute Gasteiger partial charge is 0.454 e. The standard InChI is InChI=1S/C17H24O4/c1-7-16(3,4)15(19)21-17(5,6)13-8-10-14(11-9-13)20-12(2)18/h8-11H,7H2,1-6H3. The molecule has 0 saturated carbocycles. The van der Waals surface area contributed by atoms with Crippen molar-refractivity contribution in [1.82, 2.24) is 0 Å². The summed E-state index contributed by atoms with van der Waals surface area (Å²) in [6, 6.07) is 6.98. The van der Waals surface area contributed by atoms with Gasteiger partial charge in [-0.3, -0.25) is 9.59 Å². The van der Waals surface area contributed by atoms with E-state index in [-0.39, 0.29) is 11.9 Å². The Bertz CT molecular complexity index is 512. The number of esters is 2. The van der Waals surface area contributed by atoms with Crippen LogP contribution in [0.4, 0.5) is 0 Å². The van der Waals surface area contributed by atoms with E-state index >= 15 is 0 Å². The maximum Gasteiger partial charge on any atom is 0.312 e. The van der Waals surface area contributed by atoms with E-state index in [0.29, 0.717) is 12.2 Å². The van der Waals surface area contributed by atoms with E-state index in [4.69, 9.17) is 9.47 Å². The number of ether oxygens (including phenoxy) is 2. The van der Waals surface area contributed by atoms with Crippen LogP contribution >= 0.6 is 0 Å². The summed E-state index contributed by atoms with van der Waals surface area (Å²) in [6.07, 6.45) is 0.716. The van der Waals surface area contributed by atoms with Crippen molar-refractivity contribution in [1.29, 1.82) is 0 Å². The molecule has 0 unspecified atom stereocenters. The molecular formula is C17H24O4. The summed E-state index contributed by atoms with van der Waals surface area (Å²) in [4.78, 5) is 23.1. The highest BCUT2D eigenvalue weighted by Crippen LogP contribution is 2.31. The number of benzene rings is 1. The molecule has 1 aromatic rings. The maximum absolute atomic E-state index is 12.2. The number of hydrogen-bond donors (Lipinski definition) is 0. The highest BCUT2D eigenvalue weighted by molar-refractivity contribution is 5.76. The summed E-state index contributed by atoms with van der Waals surface area (Å²) in [6.45, 7) is 10.7. The average molecular weight is 292 g/mol. The van der Waals surface area contributed by atoms with Gasteiger partial charge in [0, 0.05) is 6.92 Å². The predicted molar refractivity (Wildman–Crippen MR) is 80.9 cm³/mol. The lowest BCUT2D eigenvalue weighted by molar-refractivity contribution is -0.168. The molecule has 0 atom stereocenters. The molecule has 0 aromatic heterocycles. The third kappa shape index (κ3) is 4.59. The molecule has 1 aromatic carbocycles. The molecule has 0 N–H and O–H groups in total. The Kier molecular flexibility index (Phi) is 5.15. The van der Waals surface area contributed by atoms with E-state index in [1.54, 1.807) is 24.3 Å². The fraction of sp³-hybridized carbons (Fsp3) is 0.529. The van der Waals surface area contributed by atoms with Crippen LogP contribution in [-0.4, -0.2) is 11.9 Å². The molecule has 21 heavy (non-hydrogen) atoms. The third-order valence-corrected chi connectivity index (χ3v) is 3.60. The normalized spacial score (nSPS) is 11.9. The van der Waals surface area contributed by atoms with Crippen molar-refractivity contribution in [3.63, 3.8) is 0 Å². The molecule has 1 rings (SSSR count). The van der Waals surface area contributed by atoms with Crippen LogP contribution in [0.25, 0.3) is 0 Å². The van der Waals surface area contributed by atoms with Crippen molar-refractivity contribution in [2.24, 2.45) is 5.41 Å². The van der Waals surface area contributed by atoms with Gasteiger partial charge in [-0.15, -0.1) is 0 Å². The molecule has 0 aliphatic heterocycles. The van der Waals surface area contributed by atoms with Crippen molar-refractivity contribution in [2.75, 3.05) is 0 Å². The molecule has 0 heterocycles. The predicted octanol–water partition coefficient (Wildman–Crippen LogP) is 3.83. The van der Waals surface area contributed by atoms with Gasteiger partial charge in [-0.25, -0.2) is 0 Å². The van der Waals surface area contributed by atoms with Gasteiger partial charge in [-0.1, -0.05) is 19.1 Å². The quantitative estimate of drug-likeness (QED) is 0.611. The molecule has 0 spiro atoms. The van der Waals surface area contributed by atoms with Gasteiger partial charge in [-0.05, 0) is 51.8 Å². The van der Waals surface area contributed by atoms with Crippen LogP contribution in [0, 0.1) is 5.41 Å². The van der Waals surface area contributed by atoms with Crippen LogP contribution in [-0.2, 0) is 19.9 Å². The van der Waals surface area contributed by atoms with Crippen molar-refractivity contribution in [2.45, 2.75) is 53.6 Å². The smallest absolute Gasteiger partial charge is 0.312 e. The van der Waals surface area contributed by atoms with Gasteiger partial charge in [0.05, 0.1) is 5.41 Å². The Balaban J connectivity index is 2.87. The van der Waals surface area contributed by atoms with Gasteiger partial charge in [0.1, 0.15) is 11.4 Å². The fourth-order valence-electron chi connectivity index (χ4n) is 1.66. The van der Waals surface area contributed by atoms with E-state index in [0.717, 1.165) is 5.56 Å². The van der Waals surface area contributed by atoms with E-state index in [1.807, 2.05) is 34.6 Å². The van der Waals surface area contributed by atoms with Gasteiger partial charge in [0.15, 0.2) is 0 Å². The number of carbonyl (C=O) groups is 2. The Labute approximate surface area is 126 Å². The molecule has 0 aliphatic carbocycles. The molecule has 0 saturated heterocycles. The van der Waals surface area contributed by atoms with Gasteiger partial charge < -0.3 is 9.47 Å². The number of rotatable bonds is 5. The molecule has 116 valence electrons. The Morgan fingerprint density at radius 3 is 2.00 bits per heavy atom. The summed E-state index contributed by atoms with van der Waals surface area (Å²) >= 11 is 0. The zero-order chi connectivity index (χ0) is 16.3. The number of carbonyl (C=O) groups excluding carboxylic acids is 2. The SMILES string of the molecule is CCC(C)(C)C(=O)OC(C)(C)c1ccc(OC(C)=O)cc1. The lowest BCUT2D eigenvalue weighted by Gasteiger charge is -2.30. The minimum absolute atomic E-state index is 0.223. The lowest BCUT2D eigenvalue weighted by Crippen LogP contribution is -2.33. The number of hydrogen-bond acceptors (Lipinski definition) is 4. The molecular weight excluding hydrogens is 268 g/mol. The second-order valence-corrected chi connectivity index (χ2v) is 6.26. The fourth-order valence-corrected chi connectivity index (χ4v) is 1.66. The van der Waals surface area contributed by atoms with Crippen LogP contribution in [0.15, 0.2) is 24.3 Å². The monoisotopic (exact) mass is 292 g/mol. The van der Waals surface area contributed by atoms with Crippen molar-refractivity contribution < 1.29 is 19.1 Å². The van der Waals surface area contributed by atoms with Crippen molar-refractivity contribution >= 4 is 11.9 Å². The van der Waals surface area contributed by atoms with E-state index in [2.05, 4.69) is 0 Å². The van der Waals surface area contributed by atoms with Gasteiger partial charge in [-0.2, -0.15) is 0 Å². The first-order valence-corrected chi connectivity index (χ1v) is 7.11. The van der Waals surface area contributed by atoms with Crippen molar-refractivity contribution in [3.05, 3.63) is 29.8 Å². The summed E-state index contributed by atoms with van der Waals surface area (Å²) in [5, 5.41) is 0. The molecule has 0 radical (unpaired) electrons. The highest BCUT2D eigenvalue weighted by Gasteiger charge is 2.33. The molecule has 4 nitrogen and oxygen atoms in total. The van der Waals surface area contributed by atoms with Gasteiger partial charge in [0.2, 0.25) is 0 Å². The molecule has 0 fully saturated rings. The topological polar surface area (TPSA) is 52.6 Å². The van der Waals surface area contributed by atoms with Crippen LogP contribution in [0.2, 0.25) is 0 Å². The molecule has 4 heteroatoms. The first-order chi connectivity index (χ1) is 9.58. The summed E-state index contributed by atoms with van der Waals surface area (Å²) in [5.41, 5.74) is -0.397. The lowest BCUT2D eigenvalue weighted by atomic mass is 9.89. The van der Waals surface area contributed by atoms with Crippen LogP contribution < -0.4 is 4.74 Å². The zero-order valence-corrected chi connectivity index (χ0v) is 13.6. The van der Waals surface area contributed by atoms with E-state index in [9.17, 15) is 9.59 Å². The first-order valence-electron chi connectivity index (χ1n) is 7.11. The average Bonchev–Trinajstić information content (AvgIpc) is 2.38. The molecule has 0 amide bonds. The Morgan fingerprint density at radius 1 is 1.05 bits per heavy atom. The zero-order valence-electron chi connectivity index (χ0n) is 13.6. The highest BCUT2D eigenvalue weighted by atomic mass is 16.6. The summed E-state index contributed by atoms with van der Waals surface area (Å²) in [5.74, 6) is -0.112. The Morgan fingerprint density at radius 2 is 1.57 bits per heavy atom.